The molecule has 20 heavy (non-hydrogen) atoms. The zero-order chi connectivity index (χ0) is 14.4. The van der Waals surface area contributed by atoms with Crippen LogP contribution in [0.25, 0.3) is 0 Å². The van der Waals surface area contributed by atoms with E-state index in [4.69, 9.17) is 0 Å². The van der Waals surface area contributed by atoms with Crippen LogP contribution in [-0.4, -0.2) is 31.5 Å². The van der Waals surface area contributed by atoms with Gasteiger partial charge in [-0.2, -0.15) is 0 Å². The van der Waals surface area contributed by atoms with Crippen LogP contribution in [0.4, 0.5) is 4.39 Å². The Bertz CT molecular complexity index is 593. The maximum atomic E-state index is 12.9. The molecule has 0 spiro atoms. The summed E-state index contributed by atoms with van der Waals surface area (Å²) in [5.74, 6) is 0.809. The molecule has 2 aliphatic rings. The van der Waals surface area contributed by atoms with Crippen molar-refractivity contribution in [3.8, 4) is 0 Å². The Labute approximate surface area is 119 Å². The molecule has 1 heterocycles. The van der Waals surface area contributed by atoms with Crippen LogP contribution in [0, 0.1) is 5.82 Å². The Balaban J connectivity index is 1.55. The van der Waals surface area contributed by atoms with Gasteiger partial charge in [0.05, 0.1) is 11.5 Å². The molecule has 2 fully saturated rings. The minimum Gasteiger partial charge on any atom is -0.308 e. The van der Waals surface area contributed by atoms with Gasteiger partial charge in [0.25, 0.3) is 0 Å². The SMILES string of the molecule is CC1(NC2CC(c3ccc(F)cc3)C2)CCS(=O)(=O)C1. The topological polar surface area (TPSA) is 46.2 Å². The van der Waals surface area contributed by atoms with Crippen molar-refractivity contribution in [1.29, 1.82) is 0 Å². The molecule has 1 N–H and O–H groups in total. The first kappa shape index (κ1) is 14.0. The number of benzene rings is 1. The van der Waals surface area contributed by atoms with E-state index >= 15 is 0 Å². The van der Waals surface area contributed by atoms with E-state index in [1.54, 1.807) is 0 Å². The summed E-state index contributed by atoms with van der Waals surface area (Å²) in [5.41, 5.74) is 0.908. The molecule has 1 aliphatic heterocycles. The molecule has 5 heteroatoms. The van der Waals surface area contributed by atoms with Crippen molar-refractivity contribution >= 4 is 9.84 Å². The van der Waals surface area contributed by atoms with E-state index in [2.05, 4.69) is 5.32 Å². The molecular weight excluding hydrogens is 277 g/mol. The van der Waals surface area contributed by atoms with Crippen LogP contribution in [0.5, 0.6) is 0 Å². The predicted octanol–water partition coefficient (Wildman–Crippen LogP) is 2.24. The van der Waals surface area contributed by atoms with Crippen molar-refractivity contribution in [2.75, 3.05) is 11.5 Å². The molecule has 0 amide bonds. The van der Waals surface area contributed by atoms with E-state index < -0.39 is 9.84 Å². The average molecular weight is 297 g/mol. The first-order valence-electron chi connectivity index (χ1n) is 7.09. The third-order valence-electron chi connectivity index (χ3n) is 4.54. The molecule has 1 atom stereocenters. The number of hydrogen-bond donors (Lipinski definition) is 1. The monoisotopic (exact) mass is 297 g/mol. The second-order valence-electron chi connectivity index (χ2n) is 6.46. The number of sulfone groups is 1. The van der Waals surface area contributed by atoms with Gasteiger partial charge in [-0.15, -0.1) is 0 Å². The first-order chi connectivity index (χ1) is 9.35. The summed E-state index contributed by atoms with van der Waals surface area (Å²) in [4.78, 5) is 0. The summed E-state index contributed by atoms with van der Waals surface area (Å²) in [7, 11) is -2.86. The minimum absolute atomic E-state index is 0.202. The predicted molar refractivity (Wildman–Crippen MR) is 77.0 cm³/mol. The van der Waals surface area contributed by atoms with Crippen molar-refractivity contribution in [1.82, 2.24) is 5.32 Å². The highest BCUT2D eigenvalue weighted by Crippen LogP contribution is 2.38. The number of hydrogen-bond acceptors (Lipinski definition) is 3. The maximum Gasteiger partial charge on any atom is 0.152 e. The van der Waals surface area contributed by atoms with E-state index in [1.807, 2.05) is 19.1 Å². The molecule has 0 bridgehead atoms. The van der Waals surface area contributed by atoms with Gasteiger partial charge >= 0.3 is 0 Å². The molecule has 3 nitrogen and oxygen atoms in total. The van der Waals surface area contributed by atoms with Crippen LogP contribution in [0.15, 0.2) is 24.3 Å². The standard InChI is InChI=1S/C15H20FNO2S/c1-15(6-7-20(18,19)10-15)17-14-8-12(9-14)11-2-4-13(16)5-3-11/h2-5,12,14,17H,6-10H2,1H3. The molecular formula is C15H20FNO2S. The summed E-state index contributed by atoms with van der Waals surface area (Å²) >= 11 is 0. The van der Waals surface area contributed by atoms with Crippen LogP contribution in [-0.2, 0) is 9.84 Å². The molecule has 1 saturated heterocycles. The Morgan fingerprint density at radius 3 is 2.45 bits per heavy atom. The van der Waals surface area contributed by atoms with Crippen LogP contribution in [0.3, 0.4) is 0 Å². The molecule has 3 rings (SSSR count). The summed E-state index contributed by atoms with van der Waals surface area (Å²) in [6.45, 7) is 2.00. The van der Waals surface area contributed by atoms with Crippen LogP contribution in [0.2, 0.25) is 0 Å². The molecule has 1 aromatic rings. The van der Waals surface area contributed by atoms with E-state index in [1.165, 1.54) is 17.7 Å². The van der Waals surface area contributed by atoms with Gasteiger partial charge in [-0.1, -0.05) is 12.1 Å². The molecule has 0 aromatic heterocycles. The summed E-state index contributed by atoms with van der Waals surface area (Å²) < 4.78 is 36.0. The van der Waals surface area contributed by atoms with Gasteiger partial charge in [0.1, 0.15) is 5.82 Å². The minimum atomic E-state index is -2.86. The molecule has 1 unspecified atom stereocenters. The van der Waals surface area contributed by atoms with Gasteiger partial charge in [0.15, 0.2) is 9.84 Å². The van der Waals surface area contributed by atoms with E-state index in [0.29, 0.717) is 24.1 Å². The lowest BCUT2D eigenvalue weighted by Gasteiger charge is -2.41. The van der Waals surface area contributed by atoms with Crippen molar-refractivity contribution in [3.05, 3.63) is 35.6 Å². The normalized spacial score (nSPS) is 35.7. The van der Waals surface area contributed by atoms with E-state index in [0.717, 1.165) is 12.8 Å². The smallest absolute Gasteiger partial charge is 0.152 e. The quantitative estimate of drug-likeness (QED) is 0.930. The van der Waals surface area contributed by atoms with Crippen molar-refractivity contribution in [3.63, 3.8) is 0 Å². The Morgan fingerprint density at radius 2 is 1.90 bits per heavy atom. The molecule has 1 aromatic carbocycles. The summed E-state index contributed by atoms with van der Waals surface area (Å²) in [5, 5.41) is 3.51. The Morgan fingerprint density at radius 1 is 1.25 bits per heavy atom. The maximum absolute atomic E-state index is 12.9. The van der Waals surface area contributed by atoms with Crippen molar-refractivity contribution < 1.29 is 12.8 Å². The lowest BCUT2D eigenvalue weighted by molar-refractivity contribution is 0.227. The zero-order valence-corrected chi connectivity index (χ0v) is 12.4. The van der Waals surface area contributed by atoms with Crippen LogP contribution < -0.4 is 5.32 Å². The lowest BCUT2D eigenvalue weighted by atomic mass is 9.75. The third kappa shape index (κ3) is 2.88. The Hall–Kier alpha value is -0.940. The highest BCUT2D eigenvalue weighted by atomic mass is 32.2. The fourth-order valence-corrected chi connectivity index (χ4v) is 5.46. The molecule has 110 valence electrons. The second-order valence-corrected chi connectivity index (χ2v) is 8.65. The second kappa shape index (κ2) is 4.81. The molecule has 1 aliphatic carbocycles. The van der Waals surface area contributed by atoms with Crippen molar-refractivity contribution in [2.24, 2.45) is 0 Å². The third-order valence-corrected chi connectivity index (χ3v) is 6.44. The van der Waals surface area contributed by atoms with Gasteiger partial charge in [0.2, 0.25) is 0 Å². The van der Waals surface area contributed by atoms with Gasteiger partial charge < -0.3 is 5.32 Å². The highest BCUT2D eigenvalue weighted by Gasteiger charge is 2.42. The molecule has 0 radical (unpaired) electrons. The van der Waals surface area contributed by atoms with Crippen LogP contribution >= 0.6 is 0 Å². The average Bonchev–Trinajstić information content (AvgIpc) is 2.60. The molecule has 1 saturated carbocycles. The number of nitrogens with one attached hydrogen (secondary N) is 1. The summed E-state index contributed by atoms with van der Waals surface area (Å²) in [6, 6.07) is 7.07. The highest BCUT2D eigenvalue weighted by molar-refractivity contribution is 7.91. The van der Waals surface area contributed by atoms with Gasteiger partial charge in [-0.25, -0.2) is 12.8 Å². The first-order valence-corrected chi connectivity index (χ1v) is 8.91. The zero-order valence-electron chi connectivity index (χ0n) is 11.6. The summed E-state index contributed by atoms with van der Waals surface area (Å²) in [6.07, 6.45) is 2.70. The fraction of sp³-hybridized carbons (Fsp3) is 0.600. The number of rotatable bonds is 3. The van der Waals surface area contributed by atoms with Gasteiger partial charge in [-0.3, -0.25) is 0 Å². The van der Waals surface area contributed by atoms with E-state index in [9.17, 15) is 12.8 Å². The van der Waals surface area contributed by atoms with Crippen LogP contribution in [0.1, 0.15) is 37.7 Å². The van der Waals surface area contributed by atoms with E-state index in [-0.39, 0.29) is 17.1 Å². The Kier molecular flexibility index (Phi) is 3.37. The lowest BCUT2D eigenvalue weighted by Crippen LogP contribution is -2.53. The largest absolute Gasteiger partial charge is 0.308 e. The van der Waals surface area contributed by atoms with Crippen molar-refractivity contribution in [2.45, 2.75) is 43.7 Å². The van der Waals surface area contributed by atoms with Gasteiger partial charge in [0, 0.05) is 11.6 Å². The fourth-order valence-electron chi connectivity index (χ4n) is 3.36. The van der Waals surface area contributed by atoms with Gasteiger partial charge in [-0.05, 0) is 49.8 Å². The number of halogens is 1.